The molecule has 17 heavy (non-hydrogen) atoms. The number of alkyl halides is 3. The number of hydrogen-bond donors (Lipinski definition) is 0. The first-order valence-electron chi connectivity index (χ1n) is 4.85. The standard InChI is InChI=1S/C9H10Cl3NO4/c1-5(9(10,11)12)4-8(16)17-13-6(14)2-3-7(13)15/h5H,2-4H2,1H3/t5-/m0/s1. The van der Waals surface area contributed by atoms with Crippen molar-refractivity contribution in [1.29, 1.82) is 0 Å². The van der Waals surface area contributed by atoms with E-state index in [0.29, 0.717) is 5.06 Å². The number of imide groups is 1. The minimum atomic E-state index is -1.60. The van der Waals surface area contributed by atoms with E-state index in [2.05, 4.69) is 4.84 Å². The molecule has 0 aromatic heterocycles. The molecule has 1 atom stereocenters. The van der Waals surface area contributed by atoms with Crippen LogP contribution in [-0.4, -0.2) is 26.6 Å². The van der Waals surface area contributed by atoms with Gasteiger partial charge in [0.1, 0.15) is 0 Å². The largest absolute Gasteiger partial charge is 0.333 e. The van der Waals surface area contributed by atoms with Crippen molar-refractivity contribution in [2.45, 2.75) is 30.0 Å². The lowest BCUT2D eigenvalue weighted by Crippen LogP contribution is -2.33. The number of nitrogens with zero attached hydrogens (tertiary/aromatic N) is 1. The van der Waals surface area contributed by atoms with E-state index in [9.17, 15) is 14.4 Å². The van der Waals surface area contributed by atoms with Gasteiger partial charge in [-0.05, 0) is 0 Å². The summed E-state index contributed by atoms with van der Waals surface area (Å²) in [6.07, 6.45) is -0.105. The molecule has 0 radical (unpaired) electrons. The van der Waals surface area contributed by atoms with E-state index in [1.54, 1.807) is 6.92 Å². The van der Waals surface area contributed by atoms with Gasteiger partial charge in [-0.15, -0.1) is 5.06 Å². The maximum absolute atomic E-state index is 11.4. The molecule has 0 bridgehead atoms. The molecule has 1 aliphatic rings. The topological polar surface area (TPSA) is 63.7 Å². The van der Waals surface area contributed by atoms with Gasteiger partial charge in [-0.1, -0.05) is 41.7 Å². The van der Waals surface area contributed by atoms with Crippen molar-refractivity contribution in [1.82, 2.24) is 5.06 Å². The Kier molecular flexibility index (Phi) is 4.63. The van der Waals surface area contributed by atoms with Crippen LogP contribution in [0.4, 0.5) is 0 Å². The van der Waals surface area contributed by atoms with Crippen molar-refractivity contribution >= 4 is 52.6 Å². The molecule has 1 saturated heterocycles. The average molecular weight is 303 g/mol. The Balaban J connectivity index is 2.50. The lowest BCUT2D eigenvalue weighted by molar-refractivity contribution is -0.198. The molecule has 0 spiro atoms. The molecule has 0 unspecified atom stereocenters. The second kappa shape index (κ2) is 5.42. The number of amides is 2. The van der Waals surface area contributed by atoms with Gasteiger partial charge in [0.25, 0.3) is 11.8 Å². The first-order chi connectivity index (χ1) is 7.71. The Hall–Kier alpha value is -0.520. The molecule has 8 heteroatoms. The highest BCUT2D eigenvalue weighted by atomic mass is 35.6. The normalized spacial score (nSPS) is 18.5. The third-order valence-electron chi connectivity index (χ3n) is 2.23. The van der Waals surface area contributed by atoms with Crippen LogP contribution >= 0.6 is 34.8 Å². The first kappa shape index (κ1) is 14.5. The fourth-order valence-electron chi connectivity index (χ4n) is 1.16. The Morgan fingerprint density at radius 2 is 1.82 bits per heavy atom. The summed E-state index contributed by atoms with van der Waals surface area (Å²) in [7, 11) is 0. The van der Waals surface area contributed by atoms with Gasteiger partial charge < -0.3 is 4.84 Å². The van der Waals surface area contributed by atoms with Gasteiger partial charge >= 0.3 is 5.97 Å². The SMILES string of the molecule is C[C@@H](CC(=O)ON1C(=O)CCC1=O)C(Cl)(Cl)Cl. The van der Waals surface area contributed by atoms with Gasteiger partial charge in [-0.3, -0.25) is 9.59 Å². The van der Waals surface area contributed by atoms with E-state index in [1.165, 1.54) is 0 Å². The van der Waals surface area contributed by atoms with Gasteiger partial charge in [0.2, 0.25) is 0 Å². The van der Waals surface area contributed by atoms with Gasteiger partial charge in [0.05, 0.1) is 6.42 Å². The molecule has 0 aromatic carbocycles. The maximum atomic E-state index is 11.4. The van der Waals surface area contributed by atoms with Crippen LogP contribution in [0.15, 0.2) is 0 Å². The minimum absolute atomic E-state index is 0.0477. The zero-order valence-corrected chi connectivity index (χ0v) is 11.2. The van der Waals surface area contributed by atoms with Crippen LogP contribution in [0.25, 0.3) is 0 Å². The molecule has 5 nitrogen and oxygen atoms in total. The molecule has 1 rings (SSSR count). The lowest BCUT2D eigenvalue weighted by Gasteiger charge is -2.20. The van der Waals surface area contributed by atoms with E-state index in [0.717, 1.165) is 0 Å². The Bertz CT molecular complexity index is 337. The quantitative estimate of drug-likeness (QED) is 0.591. The Labute approximate surface area is 113 Å². The zero-order chi connectivity index (χ0) is 13.2. The average Bonchev–Trinajstić information content (AvgIpc) is 2.48. The lowest BCUT2D eigenvalue weighted by atomic mass is 10.1. The van der Waals surface area contributed by atoms with Crippen LogP contribution < -0.4 is 0 Å². The summed E-state index contributed by atoms with van der Waals surface area (Å²) in [6.45, 7) is 1.54. The van der Waals surface area contributed by atoms with Crippen molar-refractivity contribution in [2.24, 2.45) is 5.92 Å². The highest BCUT2D eigenvalue weighted by Gasteiger charge is 2.35. The smallest absolute Gasteiger partial charge is 0.330 e. The molecule has 1 fully saturated rings. The summed E-state index contributed by atoms with van der Waals surface area (Å²) in [6, 6.07) is 0. The van der Waals surface area contributed by atoms with Gasteiger partial charge in [-0.25, -0.2) is 4.79 Å². The highest BCUT2D eigenvalue weighted by Crippen LogP contribution is 2.36. The maximum Gasteiger partial charge on any atom is 0.333 e. The predicted octanol–water partition coefficient (Wildman–Crippen LogP) is 1.99. The number of rotatable bonds is 3. The van der Waals surface area contributed by atoms with E-state index >= 15 is 0 Å². The summed E-state index contributed by atoms with van der Waals surface area (Å²) in [4.78, 5) is 38.3. The second-order valence-corrected chi connectivity index (χ2v) is 6.06. The van der Waals surface area contributed by atoms with Crippen LogP contribution in [-0.2, 0) is 19.2 Å². The summed E-state index contributed by atoms with van der Waals surface area (Å²) < 4.78 is -1.60. The van der Waals surface area contributed by atoms with Crippen molar-refractivity contribution in [2.75, 3.05) is 0 Å². The van der Waals surface area contributed by atoms with E-state index in [-0.39, 0.29) is 19.3 Å². The molecular weight excluding hydrogens is 292 g/mol. The predicted molar refractivity (Wildman–Crippen MR) is 61.3 cm³/mol. The molecule has 0 N–H and O–H groups in total. The van der Waals surface area contributed by atoms with Crippen molar-refractivity contribution in [3.8, 4) is 0 Å². The Morgan fingerprint density at radius 3 is 2.24 bits per heavy atom. The van der Waals surface area contributed by atoms with Crippen LogP contribution in [0.3, 0.4) is 0 Å². The molecule has 2 amide bonds. The summed E-state index contributed by atoms with van der Waals surface area (Å²) >= 11 is 16.7. The fourth-order valence-corrected chi connectivity index (χ4v) is 1.39. The first-order valence-corrected chi connectivity index (χ1v) is 5.98. The second-order valence-electron chi connectivity index (χ2n) is 3.69. The Morgan fingerprint density at radius 1 is 1.35 bits per heavy atom. The van der Waals surface area contributed by atoms with E-state index in [1.807, 2.05) is 0 Å². The summed E-state index contributed by atoms with van der Waals surface area (Å²) in [5, 5.41) is 0.466. The van der Waals surface area contributed by atoms with Crippen LogP contribution in [0.2, 0.25) is 0 Å². The molecule has 0 saturated carbocycles. The molecule has 0 aliphatic carbocycles. The molecule has 1 heterocycles. The molecule has 0 aromatic rings. The summed E-state index contributed by atoms with van der Waals surface area (Å²) in [5.41, 5.74) is 0. The zero-order valence-electron chi connectivity index (χ0n) is 8.91. The molecule has 1 aliphatic heterocycles. The highest BCUT2D eigenvalue weighted by molar-refractivity contribution is 6.67. The van der Waals surface area contributed by atoms with Gasteiger partial charge in [-0.2, -0.15) is 0 Å². The van der Waals surface area contributed by atoms with Crippen molar-refractivity contribution in [3.63, 3.8) is 0 Å². The monoisotopic (exact) mass is 301 g/mol. The van der Waals surface area contributed by atoms with E-state index < -0.39 is 27.5 Å². The third kappa shape index (κ3) is 4.01. The van der Waals surface area contributed by atoms with E-state index in [4.69, 9.17) is 34.8 Å². The van der Waals surface area contributed by atoms with Crippen LogP contribution in [0.1, 0.15) is 26.2 Å². The number of hydrogen-bond acceptors (Lipinski definition) is 4. The number of hydroxylamine groups is 2. The molecule has 96 valence electrons. The van der Waals surface area contributed by atoms with Crippen LogP contribution in [0.5, 0.6) is 0 Å². The third-order valence-corrected chi connectivity index (χ3v) is 3.35. The fraction of sp³-hybridized carbons (Fsp3) is 0.667. The van der Waals surface area contributed by atoms with Gasteiger partial charge in [0.15, 0.2) is 3.79 Å². The summed E-state index contributed by atoms with van der Waals surface area (Å²) in [5.74, 6) is -2.45. The molecular formula is C9H10Cl3NO4. The van der Waals surface area contributed by atoms with Crippen molar-refractivity contribution in [3.05, 3.63) is 0 Å². The van der Waals surface area contributed by atoms with Crippen molar-refractivity contribution < 1.29 is 19.2 Å². The van der Waals surface area contributed by atoms with Crippen LogP contribution in [0, 0.1) is 5.92 Å². The number of halogens is 3. The number of carbonyl (C=O) groups excluding carboxylic acids is 3. The van der Waals surface area contributed by atoms with Gasteiger partial charge in [0, 0.05) is 18.8 Å². The minimum Gasteiger partial charge on any atom is -0.330 e. The number of carbonyl (C=O) groups is 3.